The predicted octanol–water partition coefficient (Wildman–Crippen LogP) is 2.72. The van der Waals surface area contributed by atoms with Crippen molar-refractivity contribution in [3.8, 4) is 0 Å². The number of benzene rings is 1. The minimum atomic E-state index is -0.517. The van der Waals surface area contributed by atoms with Crippen LogP contribution in [0.3, 0.4) is 0 Å². The van der Waals surface area contributed by atoms with Crippen molar-refractivity contribution in [3.63, 3.8) is 0 Å². The highest BCUT2D eigenvalue weighted by atomic mass is 35.5. The number of nitrogens with zero attached hydrogens (tertiary/aromatic N) is 3. The number of fused-ring (bicyclic) bond motifs is 2. The van der Waals surface area contributed by atoms with Crippen LogP contribution < -0.4 is 5.43 Å². The van der Waals surface area contributed by atoms with E-state index in [1.54, 1.807) is 35.5 Å². The van der Waals surface area contributed by atoms with Gasteiger partial charge in [0.05, 0.1) is 30.2 Å². The molecule has 5 rings (SSSR count). The highest BCUT2D eigenvalue weighted by molar-refractivity contribution is 6.31. The summed E-state index contributed by atoms with van der Waals surface area (Å²) in [5, 5.41) is 0.826. The maximum Gasteiger partial charge on any atom is 0.290 e. The van der Waals surface area contributed by atoms with E-state index >= 15 is 0 Å². The summed E-state index contributed by atoms with van der Waals surface area (Å²) in [7, 11) is 0. The van der Waals surface area contributed by atoms with Crippen molar-refractivity contribution in [2.75, 3.05) is 39.4 Å². The van der Waals surface area contributed by atoms with E-state index in [1.807, 2.05) is 12.1 Å². The summed E-state index contributed by atoms with van der Waals surface area (Å²) in [6.45, 7) is 4.21. The number of amides is 1. The van der Waals surface area contributed by atoms with E-state index in [0.717, 1.165) is 18.7 Å². The third kappa shape index (κ3) is 3.29. The van der Waals surface area contributed by atoms with Crippen molar-refractivity contribution in [1.29, 1.82) is 0 Å². The van der Waals surface area contributed by atoms with Gasteiger partial charge >= 0.3 is 0 Å². The van der Waals surface area contributed by atoms with Crippen LogP contribution in [0, 0.1) is 0 Å². The molecular weight excluding hydrogens is 406 g/mol. The number of carbonyl (C=O) groups excluding carboxylic acids is 1. The molecule has 1 unspecified atom stereocenters. The van der Waals surface area contributed by atoms with E-state index in [-0.39, 0.29) is 17.1 Å². The Morgan fingerprint density at radius 3 is 2.60 bits per heavy atom. The Kier molecular flexibility index (Phi) is 5.02. The van der Waals surface area contributed by atoms with E-state index < -0.39 is 6.04 Å². The van der Waals surface area contributed by atoms with Gasteiger partial charge in [0.2, 0.25) is 5.76 Å². The van der Waals surface area contributed by atoms with E-state index in [0.29, 0.717) is 47.9 Å². The zero-order valence-electron chi connectivity index (χ0n) is 16.2. The van der Waals surface area contributed by atoms with Crippen molar-refractivity contribution in [3.05, 3.63) is 74.9 Å². The molecule has 30 heavy (non-hydrogen) atoms. The van der Waals surface area contributed by atoms with Crippen molar-refractivity contribution < 1.29 is 13.9 Å². The van der Waals surface area contributed by atoms with Crippen LogP contribution in [0.5, 0.6) is 0 Å². The first-order valence-corrected chi connectivity index (χ1v) is 10.3. The third-order valence-electron chi connectivity index (χ3n) is 5.71. The second-order valence-electron chi connectivity index (χ2n) is 7.45. The van der Waals surface area contributed by atoms with Crippen LogP contribution in [0.15, 0.2) is 51.9 Å². The molecular formula is C22H20ClN3O4. The molecule has 0 bridgehead atoms. The lowest BCUT2D eigenvalue weighted by Crippen LogP contribution is -2.42. The number of ether oxygens (including phenoxy) is 1. The number of halogens is 1. The molecule has 0 aliphatic carbocycles. The maximum atomic E-state index is 13.4. The summed E-state index contributed by atoms with van der Waals surface area (Å²) in [6, 6.07) is 8.01. The third-order valence-corrected chi connectivity index (χ3v) is 5.95. The van der Waals surface area contributed by atoms with E-state index in [1.165, 1.54) is 0 Å². The Bertz CT molecular complexity index is 1160. The summed E-state index contributed by atoms with van der Waals surface area (Å²) in [6.07, 6.45) is 3.33. The topological polar surface area (TPSA) is 75.9 Å². The van der Waals surface area contributed by atoms with E-state index in [2.05, 4.69) is 9.88 Å². The number of aromatic nitrogens is 1. The fourth-order valence-electron chi connectivity index (χ4n) is 4.19. The molecule has 1 atom stereocenters. The zero-order valence-corrected chi connectivity index (χ0v) is 17.0. The van der Waals surface area contributed by atoms with Crippen LogP contribution in [0.4, 0.5) is 0 Å². The van der Waals surface area contributed by atoms with Crippen molar-refractivity contribution in [1.82, 2.24) is 14.8 Å². The standard InChI is InChI=1S/C22H20ClN3O4/c23-15-1-2-17-16(13-15)20(27)18-19(14-3-5-24-6-4-14)26(22(28)21(18)30-17)8-7-25-9-11-29-12-10-25/h1-6,13,19H,7-12H2. The van der Waals surface area contributed by atoms with Gasteiger partial charge in [-0.25, -0.2) is 0 Å². The van der Waals surface area contributed by atoms with Gasteiger partial charge in [-0.2, -0.15) is 0 Å². The number of morpholine rings is 1. The highest BCUT2D eigenvalue weighted by Crippen LogP contribution is 2.38. The molecule has 2 aliphatic rings. The van der Waals surface area contributed by atoms with E-state index in [9.17, 15) is 9.59 Å². The summed E-state index contributed by atoms with van der Waals surface area (Å²) in [5.41, 5.74) is 1.33. The van der Waals surface area contributed by atoms with Gasteiger partial charge in [-0.05, 0) is 35.9 Å². The fourth-order valence-corrected chi connectivity index (χ4v) is 4.36. The predicted molar refractivity (Wildman–Crippen MR) is 112 cm³/mol. The first-order chi connectivity index (χ1) is 14.6. The van der Waals surface area contributed by atoms with Crippen LogP contribution in [-0.2, 0) is 4.74 Å². The molecule has 1 amide bonds. The number of hydrogen-bond donors (Lipinski definition) is 0. The summed E-state index contributed by atoms with van der Waals surface area (Å²) >= 11 is 6.11. The molecule has 2 aliphatic heterocycles. The van der Waals surface area contributed by atoms with Crippen LogP contribution in [0.25, 0.3) is 11.0 Å². The summed E-state index contributed by atoms with van der Waals surface area (Å²) in [5.74, 6) is -0.160. The molecule has 8 heteroatoms. The molecule has 4 heterocycles. The van der Waals surface area contributed by atoms with Gasteiger partial charge in [-0.3, -0.25) is 19.5 Å². The van der Waals surface area contributed by atoms with Crippen LogP contribution in [0.2, 0.25) is 5.02 Å². The van der Waals surface area contributed by atoms with Crippen LogP contribution in [-0.4, -0.2) is 60.1 Å². The Hall–Kier alpha value is -2.74. The zero-order chi connectivity index (χ0) is 20.7. The lowest BCUT2D eigenvalue weighted by molar-refractivity contribution is 0.0314. The molecule has 0 spiro atoms. The van der Waals surface area contributed by atoms with Gasteiger partial charge in [0.15, 0.2) is 5.43 Å². The molecule has 1 fully saturated rings. The molecule has 7 nitrogen and oxygen atoms in total. The van der Waals surface area contributed by atoms with E-state index in [4.69, 9.17) is 20.8 Å². The van der Waals surface area contributed by atoms with Crippen molar-refractivity contribution in [2.45, 2.75) is 6.04 Å². The Labute approximate surface area is 177 Å². The average molecular weight is 426 g/mol. The summed E-state index contributed by atoms with van der Waals surface area (Å²) in [4.78, 5) is 34.8. The van der Waals surface area contributed by atoms with Gasteiger partial charge < -0.3 is 14.1 Å². The lowest BCUT2D eigenvalue weighted by atomic mass is 9.99. The van der Waals surface area contributed by atoms with Gasteiger partial charge in [-0.1, -0.05) is 11.6 Å². The Morgan fingerprint density at radius 1 is 1.07 bits per heavy atom. The molecule has 2 aromatic heterocycles. The van der Waals surface area contributed by atoms with Crippen LogP contribution >= 0.6 is 11.6 Å². The number of carbonyl (C=O) groups is 1. The second-order valence-corrected chi connectivity index (χ2v) is 7.89. The fraction of sp³-hybridized carbons (Fsp3) is 0.318. The van der Waals surface area contributed by atoms with Gasteiger partial charge in [0.1, 0.15) is 5.58 Å². The minimum Gasteiger partial charge on any atom is -0.450 e. The normalized spacial score (nSPS) is 19.4. The second kappa shape index (κ2) is 7.83. The molecule has 0 radical (unpaired) electrons. The lowest BCUT2D eigenvalue weighted by Gasteiger charge is -2.31. The average Bonchev–Trinajstić information content (AvgIpc) is 3.06. The summed E-state index contributed by atoms with van der Waals surface area (Å²) < 4.78 is 11.3. The van der Waals surface area contributed by atoms with Gasteiger partial charge in [0, 0.05) is 43.6 Å². The largest absolute Gasteiger partial charge is 0.450 e. The number of hydrogen-bond acceptors (Lipinski definition) is 6. The quantitative estimate of drug-likeness (QED) is 0.639. The molecule has 1 aromatic carbocycles. The smallest absolute Gasteiger partial charge is 0.290 e. The van der Waals surface area contributed by atoms with Crippen molar-refractivity contribution >= 4 is 28.5 Å². The Balaban J connectivity index is 1.60. The molecule has 0 N–H and O–H groups in total. The number of rotatable bonds is 4. The molecule has 154 valence electrons. The van der Waals surface area contributed by atoms with Crippen LogP contribution in [0.1, 0.15) is 27.7 Å². The first-order valence-electron chi connectivity index (χ1n) is 9.91. The van der Waals surface area contributed by atoms with Gasteiger partial charge in [-0.15, -0.1) is 0 Å². The molecule has 1 saturated heterocycles. The maximum absolute atomic E-state index is 13.4. The Morgan fingerprint density at radius 2 is 1.83 bits per heavy atom. The molecule has 3 aromatic rings. The monoisotopic (exact) mass is 425 g/mol. The first kappa shape index (κ1) is 19.2. The minimum absolute atomic E-state index is 0.110. The molecule has 0 saturated carbocycles. The highest BCUT2D eigenvalue weighted by Gasteiger charge is 2.42. The number of pyridine rings is 1. The van der Waals surface area contributed by atoms with Gasteiger partial charge in [0.25, 0.3) is 5.91 Å². The SMILES string of the molecule is O=C1c2oc3ccc(Cl)cc3c(=O)c2C(c2ccncc2)N1CCN1CCOCC1. The van der Waals surface area contributed by atoms with Crippen molar-refractivity contribution in [2.24, 2.45) is 0 Å².